The van der Waals surface area contributed by atoms with Crippen molar-refractivity contribution in [1.29, 1.82) is 0 Å². The Morgan fingerprint density at radius 2 is 1.76 bits per heavy atom. The molecular formula is C20H21N5O8. The highest BCUT2D eigenvalue weighted by Gasteiger charge is 2.51. The smallest absolute Gasteiger partial charge is 0.303 e. The van der Waals surface area contributed by atoms with Gasteiger partial charge in [0, 0.05) is 26.8 Å². The number of imidazole rings is 1. The summed E-state index contributed by atoms with van der Waals surface area (Å²) in [6.07, 6.45) is -1.22. The van der Waals surface area contributed by atoms with E-state index >= 15 is 0 Å². The third kappa shape index (κ3) is 4.53. The number of ether oxygens (including phenoxy) is 4. The van der Waals surface area contributed by atoms with Gasteiger partial charge in [0.05, 0.1) is 12.0 Å². The van der Waals surface area contributed by atoms with Crippen LogP contribution in [0.2, 0.25) is 0 Å². The van der Waals surface area contributed by atoms with Gasteiger partial charge in [0.2, 0.25) is 0 Å². The van der Waals surface area contributed by atoms with E-state index in [-0.39, 0.29) is 6.61 Å². The molecule has 4 heterocycles. The molecule has 3 aromatic rings. The van der Waals surface area contributed by atoms with Crippen molar-refractivity contribution in [2.75, 3.05) is 6.61 Å². The van der Waals surface area contributed by atoms with Crippen molar-refractivity contribution in [2.24, 2.45) is 0 Å². The summed E-state index contributed by atoms with van der Waals surface area (Å²) in [6, 6.07) is 1.71. The number of nitrogens with zero attached hydrogens (tertiary/aromatic N) is 5. The van der Waals surface area contributed by atoms with Gasteiger partial charge in [-0.1, -0.05) is 5.16 Å². The van der Waals surface area contributed by atoms with Gasteiger partial charge >= 0.3 is 17.9 Å². The highest BCUT2D eigenvalue weighted by Crippen LogP contribution is 2.36. The van der Waals surface area contributed by atoms with Crippen LogP contribution in [0.4, 0.5) is 0 Å². The van der Waals surface area contributed by atoms with Crippen LogP contribution >= 0.6 is 0 Å². The third-order valence-electron chi connectivity index (χ3n) is 4.83. The lowest BCUT2D eigenvalue weighted by atomic mass is 10.1. The Bertz CT molecular complexity index is 1200. The summed E-state index contributed by atoms with van der Waals surface area (Å²) >= 11 is 0. The predicted octanol–water partition coefficient (Wildman–Crippen LogP) is 1.11. The minimum Gasteiger partial charge on any atom is -0.463 e. The molecule has 0 N–H and O–H groups in total. The first-order valence-corrected chi connectivity index (χ1v) is 9.99. The summed E-state index contributed by atoms with van der Waals surface area (Å²) in [4.78, 5) is 47.8. The molecule has 4 rings (SSSR count). The second kappa shape index (κ2) is 8.94. The molecule has 1 aliphatic heterocycles. The lowest BCUT2D eigenvalue weighted by molar-refractivity contribution is -0.166. The molecule has 1 fully saturated rings. The topological polar surface area (TPSA) is 158 Å². The van der Waals surface area contributed by atoms with Gasteiger partial charge < -0.3 is 23.5 Å². The van der Waals surface area contributed by atoms with Crippen LogP contribution in [0.3, 0.4) is 0 Å². The van der Waals surface area contributed by atoms with E-state index in [2.05, 4.69) is 20.1 Å². The zero-order valence-electron chi connectivity index (χ0n) is 18.3. The van der Waals surface area contributed by atoms with Crippen LogP contribution in [-0.2, 0) is 33.3 Å². The van der Waals surface area contributed by atoms with E-state index in [1.165, 1.54) is 38.0 Å². The first-order valence-electron chi connectivity index (χ1n) is 9.99. The Morgan fingerprint density at radius 1 is 1.03 bits per heavy atom. The number of aryl methyl sites for hydroxylation is 1. The van der Waals surface area contributed by atoms with Gasteiger partial charge in [-0.15, -0.1) is 0 Å². The van der Waals surface area contributed by atoms with Crippen molar-refractivity contribution in [3.05, 3.63) is 24.4 Å². The monoisotopic (exact) mass is 459 g/mol. The standard InChI is InChI=1S/C20H21N5O8/c1-9-5-13(33-24-9)15-16-19(22-7-21-15)25(8-23-16)20-18(31-12(4)28)17(30-11(3)27)14(32-20)6-29-10(2)26/h5,7-8,14,17-18,20H,6H2,1-4H3/t14-,17-,18-,20-/m1/s1. The zero-order chi connectivity index (χ0) is 23.7. The minimum absolute atomic E-state index is 0.217. The average Bonchev–Trinajstić information content (AvgIpc) is 3.44. The summed E-state index contributed by atoms with van der Waals surface area (Å²) in [6.45, 7) is 5.24. The van der Waals surface area contributed by atoms with Crippen LogP contribution in [-0.4, -0.2) is 67.5 Å². The van der Waals surface area contributed by atoms with Gasteiger partial charge in [0.1, 0.15) is 30.2 Å². The van der Waals surface area contributed by atoms with Crippen LogP contribution in [0, 0.1) is 6.92 Å². The van der Waals surface area contributed by atoms with E-state index in [0.717, 1.165) is 0 Å². The number of aromatic nitrogens is 5. The van der Waals surface area contributed by atoms with Gasteiger partial charge in [-0.3, -0.25) is 19.0 Å². The first kappa shape index (κ1) is 22.3. The van der Waals surface area contributed by atoms with Gasteiger partial charge in [-0.25, -0.2) is 15.0 Å². The number of fused-ring (bicyclic) bond motifs is 1. The van der Waals surface area contributed by atoms with Gasteiger partial charge in [0.25, 0.3) is 0 Å². The molecule has 1 aliphatic rings. The van der Waals surface area contributed by atoms with E-state index in [1.54, 1.807) is 13.0 Å². The highest BCUT2D eigenvalue weighted by atomic mass is 16.7. The van der Waals surface area contributed by atoms with E-state index in [4.69, 9.17) is 23.5 Å². The molecule has 1 saturated heterocycles. The van der Waals surface area contributed by atoms with E-state index in [9.17, 15) is 14.4 Å². The Labute approximate surface area is 187 Å². The quantitative estimate of drug-likeness (QED) is 0.382. The lowest BCUT2D eigenvalue weighted by Gasteiger charge is -2.23. The molecule has 0 saturated carbocycles. The van der Waals surface area contributed by atoms with Crippen molar-refractivity contribution in [3.63, 3.8) is 0 Å². The molecule has 4 atom stereocenters. The largest absolute Gasteiger partial charge is 0.463 e. The maximum Gasteiger partial charge on any atom is 0.303 e. The second-order valence-corrected chi connectivity index (χ2v) is 7.39. The fourth-order valence-electron chi connectivity index (χ4n) is 3.61. The van der Waals surface area contributed by atoms with E-state index in [0.29, 0.717) is 28.3 Å². The molecule has 0 bridgehead atoms. The Kier molecular flexibility index (Phi) is 6.05. The summed E-state index contributed by atoms with van der Waals surface area (Å²) in [5, 5.41) is 3.87. The van der Waals surface area contributed by atoms with Crippen LogP contribution < -0.4 is 0 Å². The number of esters is 3. The molecule has 0 aromatic carbocycles. The minimum atomic E-state index is -1.06. The predicted molar refractivity (Wildman–Crippen MR) is 107 cm³/mol. The fourth-order valence-corrected chi connectivity index (χ4v) is 3.61. The van der Waals surface area contributed by atoms with Gasteiger partial charge in [-0.2, -0.15) is 0 Å². The normalized spacial score (nSPS) is 22.3. The molecule has 13 heteroatoms. The maximum atomic E-state index is 11.9. The maximum absolute atomic E-state index is 11.9. The van der Waals surface area contributed by atoms with Crippen molar-refractivity contribution < 1.29 is 37.9 Å². The molecule has 0 unspecified atom stereocenters. The summed E-state index contributed by atoms with van der Waals surface area (Å²) in [5.41, 5.74) is 1.83. The summed E-state index contributed by atoms with van der Waals surface area (Å²) in [7, 11) is 0. The number of hydrogen-bond donors (Lipinski definition) is 0. The molecule has 13 nitrogen and oxygen atoms in total. The van der Waals surface area contributed by atoms with Crippen LogP contribution in [0.1, 0.15) is 32.7 Å². The number of carbonyl (C=O) groups is 3. The average molecular weight is 459 g/mol. The van der Waals surface area contributed by atoms with Gasteiger partial charge in [0.15, 0.2) is 29.8 Å². The number of rotatable bonds is 6. The summed E-state index contributed by atoms with van der Waals surface area (Å²) in [5.74, 6) is -1.37. The molecular weight excluding hydrogens is 438 g/mol. The Balaban J connectivity index is 1.76. The van der Waals surface area contributed by atoms with Crippen LogP contribution in [0.5, 0.6) is 0 Å². The highest BCUT2D eigenvalue weighted by molar-refractivity contribution is 5.85. The molecule has 0 radical (unpaired) electrons. The van der Waals surface area contributed by atoms with Crippen molar-refractivity contribution in [2.45, 2.75) is 52.2 Å². The first-order chi connectivity index (χ1) is 15.7. The molecule has 0 aliphatic carbocycles. The molecule has 174 valence electrons. The molecule has 3 aromatic heterocycles. The molecule has 0 amide bonds. The third-order valence-corrected chi connectivity index (χ3v) is 4.83. The molecule has 0 spiro atoms. The lowest BCUT2D eigenvalue weighted by Crippen LogP contribution is -2.40. The van der Waals surface area contributed by atoms with Crippen molar-refractivity contribution in [1.82, 2.24) is 24.7 Å². The number of carbonyl (C=O) groups excluding carboxylic acids is 3. The van der Waals surface area contributed by atoms with Crippen LogP contribution in [0.25, 0.3) is 22.6 Å². The van der Waals surface area contributed by atoms with Crippen molar-refractivity contribution >= 4 is 29.1 Å². The van der Waals surface area contributed by atoms with E-state index < -0.39 is 42.4 Å². The number of hydrogen-bond acceptors (Lipinski definition) is 12. The SMILES string of the molecule is CC(=O)OC[C@H]1O[C@@H](n2cnc3c(-c4cc(C)no4)ncnc32)[C@H](OC(C)=O)[C@@H]1OC(C)=O. The Morgan fingerprint density at radius 3 is 2.39 bits per heavy atom. The van der Waals surface area contributed by atoms with Crippen LogP contribution in [0.15, 0.2) is 23.2 Å². The van der Waals surface area contributed by atoms with E-state index in [1.807, 2.05) is 0 Å². The second-order valence-electron chi connectivity index (χ2n) is 7.39. The molecule has 33 heavy (non-hydrogen) atoms. The van der Waals surface area contributed by atoms with Crippen molar-refractivity contribution in [3.8, 4) is 11.5 Å². The summed E-state index contributed by atoms with van der Waals surface area (Å²) < 4.78 is 28.8. The fraction of sp³-hybridized carbons (Fsp3) is 0.450. The Hall–Kier alpha value is -3.87. The van der Waals surface area contributed by atoms with Gasteiger partial charge in [-0.05, 0) is 6.92 Å². The zero-order valence-corrected chi connectivity index (χ0v) is 18.3.